The number of aldehydes is 1. The first-order valence-electron chi connectivity index (χ1n) is 5.79. The zero-order valence-electron chi connectivity index (χ0n) is 9.67. The van der Waals surface area contributed by atoms with Gasteiger partial charge in [-0.25, -0.2) is 8.78 Å². The van der Waals surface area contributed by atoms with Gasteiger partial charge < -0.3 is 4.74 Å². The van der Waals surface area contributed by atoms with Gasteiger partial charge in [0, 0.05) is 18.4 Å². The number of ether oxygens (including phenoxy) is 1. The standard InChI is InChI=1S/C13H13BrF2O2/c14-11-7-9(8-17)1-2-12(11)18-10-3-5-13(15,16)6-4-10/h1-2,7-8,10H,3-6H2. The number of hydrogen-bond acceptors (Lipinski definition) is 2. The summed E-state index contributed by atoms with van der Waals surface area (Å²) in [4.78, 5) is 10.6. The van der Waals surface area contributed by atoms with Crippen molar-refractivity contribution in [2.24, 2.45) is 0 Å². The lowest BCUT2D eigenvalue weighted by Crippen LogP contribution is -2.30. The van der Waals surface area contributed by atoms with Crippen LogP contribution < -0.4 is 4.74 Å². The van der Waals surface area contributed by atoms with Crippen LogP contribution in [0.1, 0.15) is 36.0 Å². The number of benzene rings is 1. The third kappa shape index (κ3) is 3.28. The summed E-state index contributed by atoms with van der Waals surface area (Å²) in [5, 5.41) is 0. The Hall–Kier alpha value is -0.970. The van der Waals surface area contributed by atoms with Crippen molar-refractivity contribution in [2.75, 3.05) is 0 Å². The van der Waals surface area contributed by atoms with Crippen molar-refractivity contribution in [1.29, 1.82) is 0 Å². The Morgan fingerprint density at radius 3 is 2.56 bits per heavy atom. The minimum Gasteiger partial charge on any atom is -0.489 e. The van der Waals surface area contributed by atoms with Crippen molar-refractivity contribution in [3.05, 3.63) is 28.2 Å². The monoisotopic (exact) mass is 318 g/mol. The first kappa shape index (κ1) is 13.5. The molecule has 2 rings (SSSR count). The third-order valence-electron chi connectivity index (χ3n) is 3.05. The molecule has 0 amide bonds. The molecule has 1 aromatic rings. The van der Waals surface area contributed by atoms with E-state index >= 15 is 0 Å². The van der Waals surface area contributed by atoms with Crippen LogP contribution in [-0.2, 0) is 0 Å². The molecular formula is C13H13BrF2O2. The summed E-state index contributed by atoms with van der Waals surface area (Å²) in [6.07, 6.45) is 1.03. The Kier molecular flexibility index (Phi) is 4.00. The van der Waals surface area contributed by atoms with Gasteiger partial charge in [-0.3, -0.25) is 4.79 Å². The second kappa shape index (κ2) is 5.34. The molecule has 0 aliphatic heterocycles. The summed E-state index contributed by atoms with van der Waals surface area (Å²) in [6, 6.07) is 4.98. The van der Waals surface area contributed by atoms with Gasteiger partial charge in [-0.2, -0.15) is 0 Å². The van der Waals surface area contributed by atoms with E-state index in [1.165, 1.54) is 0 Å². The van der Waals surface area contributed by atoms with E-state index in [1.54, 1.807) is 18.2 Å². The van der Waals surface area contributed by atoms with Crippen LogP contribution in [-0.4, -0.2) is 18.3 Å². The van der Waals surface area contributed by atoms with E-state index in [2.05, 4.69) is 15.9 Å². The SMILES string of the molecule is O=Cc1ccc(OC2CCC(F)(F)CC2)c(Br)c1. The summed E-state index contributed by atoms with van der Waals surface area (Å²) >= 11 is 3.31. The molecule has 98 valence electrons. The molecular weight excluding hydrogens is 306 g/mol. The summed E-state index contributed by atoms with van der Waals surface area (Å²) < 4.78 is 32.3. The van der Waals surface area contributed by atoms with Gasteiger partial charge in [0.2, 0.25) is 5.92 Å². The van der Waals surface area contributed by atoms with Gasteiger partial charge in [-0.05, 0) is 47.0 Å². The first-order valence-corrected chi connectivity index (χ1v) is 6.59. The highest BCUT2D eigenvalue weighted by molar-refractivity contribution is 9.10. The van der Waals surface area contributed by atoms with Crippen LogP contribution in [0.25, 0.3) is 0 Å². The fourth-order valence-electron chi connectivity index (χ4n) is 2.00. The Bertz CT molecular complexity index is 439. The van der Waals surface area contributed by atoms with Gasteiger partial charge >= 0.3 is 0 Å². The van der Waals surface area contributed by atoms with Crippen molar-refractivity contribution in [1.82, 2.24) is 0 Å². The average molecular weight is 319 g/mol. The smallest absolute Gasteiger partial charge is 0.248 e. The Labute approximate surface area is 112 Å². The van der Waals surface area contributed by atoms with E-state index in [0.29, 0.717) is 28.6 Å². The van der Waals surface area contributed by atoms with Crippen LogP contribution in [0.2, 0.25) is 0 Å². The highest BCUT2D eigenvalue weighted by atomic mass is 79.9. The molecule has 0 N–H and O–H groups in total. The predicted octanol–water partition coefficient (Wildman–Crippen LogP) is 4.22. The molecule has 0 bridgehead atoms. The van der Waals surface area contributed by atoms with Gasteiger partial charge in [0.25, 0.3) is 0 Å². The summed E-state index contributed by atoms with van der Waals surface area (Å²) in [7, 11) is 0. The molecule has 1 aliphatic carbocycles. The van der Waals surface area contributed by atoms with Gasteiger partial charge in [0.1, 0.15) is 12.0 Å². The maximum absolute atomic E-state index is 13.0. The second-order valence-electron chi connectivity index (χ2n) is 4.48. The molecule has 5 heteroatoms. The maximum atomic E-state index is 13.0. The molecule has 1 fully saturated rings. The van der Waals surface area contributed by atoms with Gasteiger partial charge in [0.05, 0.1) is 10.6 Å². The lowest BCUT2D eigenvalue weighted by atomic mass is 9.94. The minimum atomic E-state index is -2.54. The topological polar surface area (TPSA) is 26.3 Å². The van der Waals surface area contributed by atoms with Crippen LogP contribution >= 0.6 is 15.9 Å². The van der Waals surface area contributed by atoms with E-state index in [0.717, 1.165) is 6.29 Å². The Morgan fingerprint density at radius 2 is 2.00 bits per heavy atom. The Balaban J connectivity index is 2.00. The third-order valence-corrected chi connectivity index (χ3v) is 3.67. The van der Waals surface area contributed by atoms with Gasteiger partial charge in [-0.1, -0.05) is 0 Å². The van der Waals surface area contributed by atoms with Crippen molar-refractivity contribution >= 4 is 22.2 Å². The predicted molar refractivity (Wildman–Crippen MR) is 67.4 cm³/mol. The number of alkyl halides is 2. The van der Waals surface area contributed by atoms with Crippen molar-refractivity contribution in [3.8, 4) is 5.75 Å². The molecule has 1 aromatic carbocycles. The normalized spacial score (nSPS) is 19.5. The Morgan fingerprint density at radius 1 is 1.33 bits per heavy atom. The fourth-order valence-corrected chi connectivity index (χ4v) is 2.49. The molecule has 0 spiro atoms. The molecule has 1 saturated carbocycles. The molecule has 2 nitrogen and oxygen atoms in total. The van der Waals surface area contributed by atoms with E-state index < -0.39 is 5.92 Å². The first-order chi connectivity index (χ1) is 8.50. The van der Waals surface area contributed by atoms with Crippen molar-refractivity contribution in [3.63, 3.8) is 0 Å². The molecule has 0 unspecified atom stereocenters. The highest BCUT2D eigenvalue weighted by Gasteiger charge is 2.35. The summed E-state index contributed by atoms with van der Waals surface area (Å²) in [6.45, 7) is 0. The maximum Gasteiger partial charge on any atom is 0.248 e. The van der Waals surface area contributed by atoms with E-state index in [4.69, 9.17) is 4.74 Å². The quantitative estimate of drug-likeness (QED) is 0.780. The lowest BCUT2D eigenvalue weighted by Gasteiger charge is -2.29. The molecule has 1 aliphatic rings. The van der Waals surface area contributed by atoms with Crippen molar-refractivity contribution < 1.29 is 18.3 Å². The number of halogens is 3. The van der Waals surface area contributed by atoms with Crippen molar-refractivity contribution in [2.45, 2.75) is 37.7 Å². The zero-order chi connectivity index (χ0) is 13.2. The number of carbonyl (C=O) groups excluding carboxylic acids is 1. The number of carbonyl (C=O) groups is 1. The van der Waals surface area contributed by atoms with Crippen LogP contribution in [0.4, 0.5) is 8.78 Å². The minimum absolute atomic E-state index is 0.123. The van der Waals surface area contributed by atoms with Crippen LogP contribution in [0, 0.1) is 0 Å². The lowest BCUT2D eigenvalue weighted by molar-refractivity contribution is -0.0583. The van der Waals surface area contributed by atoms with E-state index in [-0.39, 0.29) is 18.9 Å². The number of hydrogen-bond donors (Lipinski definition) is 0. The average Bonchev–Trinajstić information content (AvgIpc) is 2.34. The van der Waals surface area contributed by atoms with Crippen LogP contribution in [0.3, 0.4) is 0 Å². The van der Waals surface area contributed by atoms with E-state index in [1.807, 2.05) is 0 Å². The molecule has 0 heterocycles. The fraction of sp³-hybridized carbons (Fsp3) is 0.462. The van der Waals surface area contributed by atoms with Gasteiger partial charge in [0.15, 0.2) is 0 Å². The largest absolute Gasteiger partial charge is 0.489 e. The van der Waals surface area contributed by atoms with Crippen LogP contribution in [0.15, 0.2) is 22.7 Å². The molecule has 18 heavy (non-hydrogen) atoms. The number of rotatable bonds is 3. The van der Waals surface area contributed by atoms with E-state index in [9.17, 15) is 13.6 Å². The molecule has 0 radical (unpaired) electrons. The highest BCUT2D eigenvalue weighted by Crippen LogP contribution is 2.36. The zero-order valence-corrected chi connectivity index (χ0v) is 11.3. The summed E-state index contributed by atoms with van der Waals surface area (Å²) in [5.41, 5.74) is 0.546. The molecule has 0 atom stereocenters. The molecule has 0 saturated heterocycles. The molecule has 0 aromatic heterocycles. The van der Waals surface area contributed by atoms with Crippen LogP contribution in [0.5, 0.6) is 5.75 Å². The second-order valence-corrected chi connectivity index (χ2v) is 5.34. The summed E-state index contributed by atoms with van der Waals surface area (Å²) in [5.74, 6) is -1.95. The van der Waals surface area contributed by atoms with Gasteiger partial charge in [-0.15, -0.1) is 0 Å².